The van der Waals surface area contributed by atoms with Crippen molar-refractivity contribution in [1.82, 2.24) is 4.90 Å². The Morgan fingerprint density at radius 1 is 0.919 bits per heavy atom. The minimum Gasteiger partial charge on any atom is -0.459 e. The number of ether oxygens (including phenoxy) is 4. The van der Waals surface area contributed by atoms with Gasteiger partial charge in [0.1, 0.15) is 23.3 Å². The van der Waals surface area contributed by atoms with Crippen LogP contribution in [0, 0.1) is 31.6 Å². The van der Waals surface area contributed by atoms with Crippen molar-refractivity contribution in [2.45, 2.75) is 102 Å². The van der Waals surface area contributed by atoms with E-state index in [0.29, 0.717) is 42.9 Å². The normalized spacial score (nSPS) is 25.9. The number of aliphatic hydroxyl groups is 2. The molecule has 2 heterocycles. The van der Waals surface area contributed by atoms with E-state index in [-0.39, 0.29) is 43.5 Å². The fourth-order valence-electron chi connectivity index (χ4n) is 10.3. The lowest BCUT2D eigenvalue weighted by Gasteiger charge is -2.59. The quantitative estimate of drug-likeness (QED) is 0.0613. The van der Waals surface area contributed by atoms with Crippen LogP contribution in [0.2, 0.25) is 0 Å². The molecule has 328 valence electrons. The lowest BCUT2D eigenvalue weighted by Crippen LogP contribution is -2.69. The number of benzene rings is 4. The summed E-state index contributed by atoms with van der Waals surface area (Å²) in [4.78, 5) is 23.0. The van der Waals surface area contributed by atoms with Crippen LogP contribution in [-0.2, 0) is 14.3 Å². The average molecular weight is 843 g/mol. The van der Waals surface area contributed by atoms with Crippen molar-refractivity contribution in [2.24, 2.45) is 22.9 Å². The Bertz CT molecular complexity index is 2280. The molecule has 1 saturated heterocycles. The predicted octanol–water partition coefficient (Wildman–Crippen LogP) is 10.2. The first-order chi connectivity index (χ1) is 30.2. The molecule has 2 aliphatic carbocycles. The van der Waals surface area contributed by atoms with E-state index in [1.165, 1.54) is 5.56 Å². The summed E-state index contributed by atoms with van der Waals surface area (Å²) < 4.78 is 27.1. The highest BCUT2D eigenvalue weighted by Gasteiger charge is 2.65. The van der Waals surface area contributed by atoms with E-state index in [1.807, 2.05) is 67.7 Å². The summed E-state index contributed by atoms with van der Waals surface area (Å²) in [5, 5.41) is 26.9. The van der Waals surface area contributed by atoms with Crippen molar-refractivity contribution in [3.05, 3.63) is 125 Å². The molecule has 10 heteroatoms. The van der Waals surface area contributed by atoms with Crippen molar-refractivity contribution in [1.29, 1.82) is 0 Å². The molecule has 7 atom stereocenters. The fourth-order valence-corrected chi connectivity index (χ4v) is 10.3. The third-order valence-corrected chi connectivity index (χ3v) is 13.6. The van der Waals surface area contributed by atoms with E-state index < -0.39 is 24.0 Å². The number of allylic oxidation sites excluding steroid dienone is 1. The Balaban J connectivity index is 1.31. The van der Waals surface area contributed by atoms with E-state index in [1.54, 1.807) is 11.0 Å². The number of rotatable bonds is 17. The van der Waals surface area contributed by atoms with Gasteiger partial charge in [0.25, 0.3) is 5.91 Å². The van der Waals surface area contributed by atoms with Gasteiger partial charge in [-0.25, -0.2) is 0 Å². The van der Waals surface area contributed by atoms with Gasteiger partial charge in [-0.3, -0.25) is 4.79 Å². The Morgan fingerprint density at radius 2 is 1.69 bits per heavy atom. The summed E-state index contributed by atoms with van der Waals surface area (Å²) in [7, 11) is 1.84. The van der Waals surface area contributed by atoms with Crippen LogP contribution in [0.1, 0.15) is 97.2 Å². The number of oxime groups is 1. The van der Waals surface area contributed by atoms with E-state index in [2.05, 4.69) is 44.7 Å². The third kappa shape index (κ3) is 8.93. The van der Waals surface area contributed by atoms with Crippen molar-refractivity contribution in [3.63, 3.8) is 0 Å². The van der Waals surface area contributed by atoms with Crippen LogP contribution < -0.4 is 9.47 Å². The maximum atomic E-state index is 14.9. The number of carbonyl (C=O) groups excluding carboxylic acids is 1. The number of nitrogens with zero attached hydrogens (tertiary/aromatic N) is 2. The molecular weight excluding hydrogens is 781 g/mol. The summed E-state index contributed by atoms with van der Waals surface area (Å²) in [5.74, 6) is 0.189. The smallest absolute Gasteiger partial charge is 0.254 e. The van der Waals surface area contributed by atoms with Gasteiger partial charge in [0, 0.05) is 50.1 Å². The van der Waals surface area contributed by atoms with Crippen LogP contribution in [0.15, 0.2) is 108 Å². The van der Waals surface area contributed by atoms with E-state index in [0.717, 1.165) is 83.9 Å². The lowest BCUT2D eigenvalue weighted by molar-refractivity contribution is -0.252. The minimum absolute atomic E-state index is 0.0873. The highest BCUT2D eigenvalue weighted by molar-refractivity contribution is 6.04. The van der Waals surface area contributed by atoms with Crippen LogP contribution >= 0.6 is 0 Å². The van der Waals surface area contributed by atoms with Gasteiger partial charge in [0.2, 0.25) is 12.1 Å². The van der Waals surface area contributed by atoms with Crippen molar-refractivity contribution in [2.75, 3.05) is 33.5 Å². The predicted molar refractivity (Wildman–Crippen MR) is 242 cm³/mol. The molecule has 62 heavy (non-hydrogen) atoms. The molecule has 1 saturated carbocycles. The summed E-state index contributed by atoms with van der Waals surface area (Å²) in [5.41, 5.74) is 5.63. The zero-order valence-corrected chi connectivity index (χ0v) is 36.5. The Hall–Kier alpha value is -5.00. The summed E-state index contributed by atoms with van der Waals surface area (Å²) >= 11 is 0. The van der Waals surface area contributed by atoms with Gasteiger partial charge in [-0.05, 0) is 134 Å². The number of aliphatic hydroxyl groups excluding tert-OH is 2. The molecule has 0 spiro atoms. The lowest BCUT2D eigenvalue weighted by atomic mass is 9.55. The van der Waals surface area contributed by atoms with Crippen LogP contribution in [0.4, 0.5) is 0 Å². The Labute approximate surface area is 366 Å². The molecule has 0 radical (unpaired) electrons. The van der Waals surface area contributed by atoms with E-state index in [9.17, 15) is 15.0 Å². The molecule has 2 fully saturated rings. The molecule has 2 aliphatic heterocycles. The van der Waals surface area contributed by atoms with Gasteiger partial charge in [0.15, 0.2) is 0 Å². The summed E-state index contributed by atoms with van der Waals surface area (Å²) in [6.45, 7) is 9.27. The average Bonchev–Trinajstić information content (AvgIpc) is 3.29. The number of carbonyl (C=O) groups is 1. The van der Waals surface area contributed by atoms with Gasteiger partial charge in [0.05, 0.1) is 24.8 Å². The van der Waals surface area contributed by atoms with E-state index >= 15 is 0 Å². The molecule has 4 aromatic rings. The van der Waals surface area contributed by atoms with Crippen molar-refractivity contribution < 1.29 is 38.8 Å². The number of fused-ring (bicyclic) bond motifs is 3. The first-order valence-electron chi connectivity index (χ1n) is 22.6. The van der Waals surface area contributed by atoms with Crippen molar-refractivity contribution >= 4 is 22.4 Å². The summed E-state index contributed by atoms with van der Waals surface area (Å²) in [6, 6.07) is 25.4. The molecule has 0 bridgehead atoms. The van der Waals surface area contributed by atoms with Crippen LogP contribution in [-0.4, -0.2) is 78.3 Å². The molecular formula is C52H62N2O8. The molecule has 8 rings (SSSR count). The maximum absolute atomic E-state index is 14.9. The van der Waals surface area contributed by atoms with Crippen LogP contribution in [0.25, 0.3) is 10.8 Å². The number of hydrogen-bond donors (Lipinski definition) is 2. The van der Waals surface area contributed by atoms with Gasteiger partial charge in [-0.2, -0.15) is 0 Å². The fraction of sp³-hybridized carbons (Fsp3) is 0.462. The number of likely N-dealkylation sites (N-methyl/N-ethyl adjacent to an activating group) is 1. The van der Waals surface area contributed by atoms with Crippen molar-refractivity contribution in [3.8, 4) is 17.2 Å². The Morgan fingerprint density at radius 3 is 2.45 bits per heavy atom. The van der Waals surface area contributed by atoms with Crippen LogP contribution in [0.3, 0.4) is 0 Å². The molecule has 0 aromatic heterocycles. The maximum Gasteiger partial charge on any atom is 0.254 e. The zero-order valence-electron chi connectivity index (χ0n) is 36.5. The SMILES string of the molecule is C=CCOC12Oc3ccc(Oc4ccc(C)c(C)c4)cc3C3C(CCCCO)C(CCCCO)C=C(C(=NOC4CCCCO4)CC1N(C)C(=O)c1ccc4ccccc4c1)C32. The van der Waals surface area contributed by atoms with Gasteiger partial charge in [-0.15, -0.1) is 6.58 Å². The molecule has 1 amide bonds. The largest absolute Gasteiger partial charge is 0.459 e. The van der Waals surface area contributed by atoms with Gasteiger partial charge >= 0.3 is 0 Å². The summed E-state index contributed by atoms with van der Waals surface area (Å²) in [6.07, 6.45) is 11.4. The molecule has 7 unspecified atom stereocenters. The first kappa shape index (κ1) is 43.6. The topological polar surface area (TPSA) is 119 Å². The molecule has 2 N–H and O–H groups in total. The van der Waals surface area contributed by atoms with Gasteiger partial charge < -0.3 is 38.9 Å². The second-order valence-electron chi connectivity index (χ2n) is 17.5. The molecule has 4 aromatic carbocycles. The number of amides is 1. The minimum atomic E-state index is -1.36. The zero-order chi connectivity index (χ0) is 43.2. The second kappa shape index (κ2) is 19.6. The second-order valence-corrected chi connectivity index (χ2v) is 17.5. The number of unbranched alkanes of at least 4 members (excludes halogenated alkanes) is 2. The Kier molecular flexibility index (Phi) is 13.8. The van der Waals surface area contributed by atoms with Crippen LogP contribution in [0.5, 0.6) is 17.2 Å². The first-order valence-corrected chi connectivity index (χ1v) is 22.6. The molecule has 10 nitrogen and oxygen atoms in total. The highest BCUT2D eigenvalue weighted by Crippen LogP contribution is 2.62. The van der Waals surface area contributed by atoms with E-state index in [4.69, 9.17) is 28.9 Å². The number of aryl methyl sites for hydroxylation is 2. The van der Waals surface area contributed by atoms with Gasteiger partial charge in [-0.1, -0.05) is 66.5 Å². The highest BCUT2D eigenvalue weighted by atomic mass is 16.8. The monoisotopic (exact) mass is 842 g/mol. The standard InChI is InChI=1S/C52H62N2O8/c1-5-27-59-52-47(54(4)51(57)39-21-20-36-14-6-7-15-37(36)30-39)33-45(53-62-48-18-10-13-28-58-48)43-31-38(16-8-11-25-55)42(17-9-12-26-56)49(50(43)52)44-32-41(23-24-46(44)61-52)60-40-22-19-34(2)35(3)29-40/h5-7,14-15,19-24,29-32,38,42,47-50,55-56H,1,8-13,16-18,25-28,33H2,2-4H3. The third-order valence-electron chi connectivity index (χ3n) is 13.6. The number of hydrogen-bond acceptors (Lipinski definition) is 9. The molecule has 4 aliphatic rings.